The number of hydrazine groups is 1. The van der Waals surface area contributed by atoms with E-state index in [-0.39, 0.29) is 11.9 Å². The molecule has 1 saturated carbocycles. The number of aryl methyl sites for hydroxylation is 2. The van der Waals surface area contributed by atoms with Crippen molar-refractivity contribution in [2.45, 2.75) is 57.7 Å². The Morgan fingerprint density at radius 1 is 1.28 bits per heavy atom. The fourth-order valence-corrected chi connectivity index (χ4v) is 4.34. The smallest absolute Gasteiger partial charge is 0.238 e. The van der Waals surface area contributed by atoms with E-state index in [1.54, 1.807) is 0 Å². The summed E-state index contributed by atoms with van der Waals surface area (Å²) in [6.45, 7) is 3.60. The van der Waals surface area contributed by atoms with Gasteiger partial charge in [-0.05, 0) is 38.3 Å². The number of hydrogen-bond acceptors (Lipinski definition) is 4. The van der Waals surface area contributed by atoms with Gasteiger partial charge in [-0.2, -0.15) is 0 Å². The molecule has 1 aromatic heterocycles. The van der Waals surface area contributed by atoms with Gasteiger partial charge in [0.15, 0.2) is 0 Å². The number of amides is 1. The summed E-state index contributed by atoms with van der Waals surface area (Å²) in [5, 5.41) is 3.11. The van der Waals surface area contributed by atoms with Gasteiger partial charge in [-0.3, -0.25) is 10.2 Å². The molecule has 2 aliphatic rings. The third-order valence-corrected chi connectivity index (χ3v) is 5.66. The van der Waals surface area contributed by atoms with Crippen LogP contribution in [0.5, 0.6) is 0 Å². The van der Waals surface area contributed by atoms with E-state index in [2.05, 4.69) is 31.8 Å². The van der Waals surface area contributed by atoms with Crippen molar-refractivity contribution in [1.82, 2.24) is 25.7 Å². The van der Waals surface area contributed by atoms with E-state index < -0.39 is 0 Å². The molecule has 6 nitrogen and oxygen atoms in total. The van der Waals surface area contributed by atoms with Crippen LogP contribution in [-0.4, -0.2) is 34.1 Å². The average Bonchev–Trinajstić information content (AvgIpc) is 3.19. The van der Waals surface area contributed by atoms with Crippen LogP contribution in [0.25, 0.3) is 11.0 Å². The molecule has 25 heavy (non-hydrogen) atoms. The predicted octanol–water partition coefficient (Wildman–Crippen LogP) is 1.89. The third-order valence-electron chi connectivity index (χ3n) is 5.66. The Hall–Kier alpha value is -1.92. The normalized spacial score (nSPS) is 25.9. The van der Waals surface area contributed by atoms with Crippen molar-refractivity contribution >= 4 is 16.9 Å². The maximum Gasteiger partial charge on any atom is 0.238 e. The molecule has 0 bridgehead atoms. The monoisotopic (exact) mass is 341 g/mol. The summed E-state index contributed by atoms with van der Waals surface area (Å²) >= 11 is 0. The van der Waals surface area contributed by atoms with E-state index in [9.17, 15) is 4.79 Å². The highest BCUT2D eigenvalue weighted by Crippen LogP contribution is 2.30. The highest BCUT2D eigenvalue weighted by molar-refractivity contribution is 5.82. The number of benzene rings is 1. The molecule has 1 aromatic carbocycles. The Morgan fingerprint density at radius 2 is 2.12 bits per heavy atom. The summed E-state index contributed by atoms with van der Waals surface area (Å²) in [6, 6.07) is 8.58. The lowest BCUT2D eigenvalue weighted by atomic mass is 9.81. The van der Waals surface area contributed by atoms with Gasteiger partial charge in [0, 0.05) is 25.0 Å². The molecule has 4 rings (SSSR count). The zero-order valence-electron chi connectivity index (χ0n) is 14.8. The van der Waals surface area contributed by atoms with Crippen molar-refractivity contribution in [1.29, 1.82) is 0 Å². The van der Waals surface area contributed by atoms with E-state index in [0.717, 1.165) is 36.2 Å². The second-order valence-corrected chi connectivity index (χ2v) is 7.27. The highest BCUT2D eigenvalue weighted by atomic mass is 16.2. The van der Waals surface area contributed by atoms with Crippen molar-refractivity contribution in [3.63, 3.8) is 0 Å². The molecule has 134 valence electrons. The van der Waals surface area contributed by atoms with Gasteiger partial charge >= 0.3 is 0 Å². The first kappa shape index (κ1) is 16.5. The average molecular weight is 341 g/mol. The van der Waals surface area contributed by atoms with Crippen LogP contribution in [-0.2, 0) is 11.3 Å². The van der Waals surface area contributed by atoms with Gasteiger partial charge in [0.1, 0.15) is 11.9 Å². The summed E-state index contributed by atoms with van der Waals surface area (Å²) in [4.78, 5) is 17.1. The number of rotatable bonds is 5. The molecule has 6 heteroatoms. The molecule has 2 fully saturated rings. The summed E-state index contributed by atoms with van der Waals surface area (Å²) in [6.07, 6.45) is 5.72. The Balaban J connectivity index is 1.29. The second-order valence-electron chi connectivity index (χ2n) is 7.27. The number of hydrogen-bond donors (Lipinski definition) is 3. The lowest BCUT2D eigenvalue weighted by Gasteiger charge is -2.26. The molecule has 3 N–H and O–H groups in total. The molecule has 3 atom stereocenters. The summed E-state index contributed by atoms with van der Waals surface area (Å²) in [5.41, 5.74) is 8.72. The van der Waals surface area contributed by atoms with Gasteiger partial charge in [-0.1, -0.05) is 25.0 Å². The van der Waals surface area contributed by atoms with Crippen LogP contribution < -0.4 is 16.2 Å². The van der Waals surface area contributed by atoms with Gasteiger partial charge in [-0.25, -0.2) is 10.4 Å². The van der Waals surface area contributed by atoms with Crippen molar-refractivity contribution in [2.75, 3.05) is 6.54 Å². The van der Waals surface area contributed by atoms with Crippen LogP contribution in [0.2, 0.25) is 0 Å². The van der Waals surface area contributed by atoms with Crippen molar-refractivity contribution in [3.8, 4) is 0 Å². The molecule has 2 aromatic rings. The molecular weight excluding hydrogens is 314 g/mol. The summed E-state index contributed by atoms with van der Waals surface area (Å²) < 4.78 is 2.23. The van der Waals surface area contributed by atoms with E-state index in [0.29, 0.717) is 18.5 Å². The number of fused-ring (bicyclic) bond motifs is 2. The highest BCUT2D eigenvalue weighted by Gasteiger charge is 2.40. The third kappa shape index (κ3) is 3.28. The fourth-order valence-electron chi connectivity index (χ4n) is 4.34. The van der Waals surface area contributed by atoms with Crippen LogP contribution in [0.15, 0.2) is 24.3 Å². The topological polar surface area (TPSA) is 71.0 Å². The van der Waals surface area contributed by atoms with Gasteiger partial charge in [-0.15, -0.1) is 0 Å². The quantitative estimate of drug-likeness (QED) is 0.726. The minimum Gasteiger partial charge on any atom is -0.355 e. The molecule has 1 saturated heterocycles. The number of carbonyl (C=O) groups is 1. The number of nitrogens with zero attached hydrogens (tertiary/aromatic N) is 2. The van der Waals surface area contributed by atoms with E-state index in [1.807, 2.05) is 25.1 Å². The first-order valence-electron chi connectivity index (χ1n) is 9.44. The SMILES string of the molecule is Cc1nc2ccccc2n1CCCNC(=O)C1NNC2CCCCC21. The number of carbonyl (C=O) groups excluding carboxylic acids is 1. The Bertz CT molecular complexity index is 755. The maximum atomic E-state index is 12.5. The van der Waals surface area contributed by atoms with Crippen molar-refractivity contribution < 1.29 is 4.79 Å². The van der Waals surface area contributed by atoms with Gasteiger partial charge in [0.05, 0.1) is 11.0 Å². The minimum atomic E-state index is -0.0823. The van der Waals surface area contributed by atoms with Gasteiger partial charge in [0.25, 0.3) is 0 Å². The second kappa shape index (κ2) is 7.14. The number of aromatic nitrogens is 2. The van der Waals surface area contributed by atoms with E-state index in [4.69, 9.17) is 0 Å². The van der Waals surface area contributed by atoms with Crippen molar-refractivity contribution in [3.05, 3.63) is 30.1 Å². The molecule has 1 aliphatic heterocycles. The van der Waals surface area contributed by atoms with Crippen LogP contribution in [0, 0.1) is 12.8 Å². The van der Waals surface area contributed by atoms with Crippen LogP contribution in [0.4, 0.5) is 0 Å². The van der Waals surface area contributed by atoms with Gasteiger partial charge in [0.2, 0.25) is 5.91 Å². The van der Waals surface area contributed by atoms with E-state index >= 15 is 0 Å². The molecule has 1 amide bonds. The van der Waals surface area contributed by atoms with Crippen LogP contribution in [0.3, 0.4) is 0 Å². The molecule has 1 aliphatic carbocycles. The zero-order chi connectivity index (χ0) is 17.2. The number of para-hydroxylation sites is 2. The minimum absolute atomic E-state index is 0.0823. The first-order valence-corrected chi connectivity index (χ1v) is 9.44. The fraction of sp³-hybridized carbons (Fsp3) is 0.579. The van der Waals surface area contributed by atoms with E-state index in [1.165, 1.54) is 19.3 Å². The Morgan fingerprint density at radius 3 is 3.04 bits per heavy atom. The van der Waals surface area contributed by atoms with Gasteiger partial charge < -0.3 is 9.88 Å². The standard InChI is InChI=1S/C19H27N5O/c1-13-21-16-9-4-5-10-17(16)24(13)12-6-11-20-19(25)18-14-7-2-3-8-15(14)22-23-18/h4-5,9-10,14-15,18,22-23H,2-3,6-8,11-12H2,1H3,(H,20,25). The van der Waals surface area contributed by atoms with Crippen LogP contribution in [0.1, 0.15) is 37.9 Å². The Labute approximate surface area is 148 Å². The summed E-state index contributed by atoms with van der Waals surface area (Å²) in [5.74, 6) is 1.60. The molecule has 0 radical (unpaired) electrons. The maximum absolute atomic E-state index is 12.5. The van der Waals surface area contributed by atoms with Crippen molar-refractivity contribution in [2.24, 2.45) is 5.92 Å². The number of imidazole rings is 1. The molecule has 0 spiro atoms. The summed E-state index contributed by atoms with van der Waals surface area (Å²) in [7, 11) is 0. The lowest BCUT2D eigenvalue weighted by molar-refractivity contribution is -0.124. The predicted molar refractivity (Wildman–Crippen MR) is 97.9 cm³/mol. The first-order chi connectivity index (χ1) is 12.2. The molecular formula is C19H27N5O. The number of nitrogens with one attached hydrogen (secondary N) is 3. The van der Waals surface area contributed by atoms with Crippen LogP contribution >= 0.6 is 0 Å². The molecule has 2 heterocycles. The zero-order valence-corrected chi connectivity index (χ0v) is 14.8. The largest absolute Gasteiger partial charge is 0.355 e. The molecule has 3 unspecified atom stereocenters. The Kier molecular flexibility index (Phi) is 4.72. The lowest BCUT2D eigenvalue weighted by Crippen LogP contribution is -2.46.